The molecule has 27 heavy (non-hydrogen) atoms. The van der Waals surface area contributed by atoms with E-state index in [1.807, 2.05) is 6.92 Å². The average Bonchev–Trinajstić information content (AvgIpc) is 2.69. The van der Waals surface area contributed by atoms with Crippen molar-refractivity contribution in [2.45, 2.75) is 26.7 Å². The third kappa shape index (κ3) is 5.54. The zero-order valence-electron chi connectivity index (χ0n) is 16.3. The Bertz CT molecular complexity index is 760. The lowest BCUT2D eigenvalue weighted by Crippen LogP contribution is -2.12. The fourth-order valence-corrected chi connectivity index (χ4v) is 2.48. The van der Waals surface area contributed by atoms with Crippen LogP contribution in [0.2, 0.25) is 0 Å². The summed E-state index contributed by atoms with van der Waals surface area (Å²) in [5.74, 6) is 2.11. The lowest BCUT2D eigenvalue weighted by atomic mass is 10.1. The summed E-state index contributed by atoms with van der Waals surface area (Å²) in [6.07, 6.45) is 2.02. The van der Waals surface area contributed by atoms with Crippen LogP contribution in [0.25, 0.3) is 0 Å². The topological polar surface area (TPSA) is 66.0 Å². The summed E-state index contributed by atoms with van der Waals surface area (Å²) in [4.78, 5) is 12.6. The van der Waals surface area contributed by atoms with Gasteiger partial charge >= 0.3 is 0 Å². The maximum Gasteiger partial charge on any atom is 0.255 e. The van der Waals surface area contributed by atoms with E-state index in [0.717, 1.165) is 12.8 Å². The Morgan fingerprint density at radius 3 is 2.30 bits per heavy atom. The van der Waals surface area contributed by atoms with Gasteiger partial charge in [0.25, 0.3) is 5.91 Å². The third-order valence-corrected chi connectivity index (χ3v) is 3.90. The highest BCUT2D eigenvalue weighted by Crippen LogP contribution is 2.31. The quantitative estimate of drug-likeness (QED) is 0.620. The van der Waals surface area contributed by atoms with Gasteiger partial charge in [0.15, 0.2) is 23.0 Å². The van der Waals surface area contributed by atoms with E-state index in [1.165, 1.54) is 0 Å². The molecule has 0 radical (unpaired) electrons. The van der Waals surface area contributed by atoms with E-state index < -0.39 is 0 Å². The highest BCUT2D eigenvalue weighted by atomic mass is 16.5. The summed E-state index contributed by atoms with van der Waals surface area (Å²) in [7, 11) is 3.12. The molecule has 2 aromatic rings. The van der Waals surface area contributed by atoms with Gasteiger partial charge in [-0.05, 0) is 43.7 Å². The van der Waals surface area contributed by atoms with Gasteiger partial charge < -0.3 is 24.3 Å². The van der Waals surface area contributed by atoms with Crippen molar-refractivity contribution in [1.82, 2.24) is 0 Å². The van der Waals surface area contributed by atoms with Crippen LogP contribution in [0.5, 0.6) is 23.0 Å². The molecule has 2 rings (SSSR count). The minimum absolute atomic E-state index is 0.247. The van der Waals surface area contributed by atoms with E-state index in [2.05, 4.69) is 12.2 Å². The van der Waals surface area contributed by atoms with Gasteiger partial charge in [-0.3, -0.25) is 4.79 Å². The molecule has 0 aliphatic carbocycles. The number of hydrogen-bond acceptors (Lipinski definition) is 5. The molecule has 1 N–H and O–H groups in total. The number of carbonyl (C=O) groups excluding carboxylic acids is 1. The van der Waals surface area contributed by atoms with E-state index >= 15 is 0 Å². The zero-order valence-corrected chi connectivity index (χ0v) is 16.3. The Kier molecular flexibility index (Phi) is 7.79. The lowest BCUT2D eigenvalue weighted by molar-refractivity contribution is 0.102. The molecular weight excluding hydrogens is 346 g/mol. The summed E-state index contributed by atoms with van der Waals surface area (Å²) in [5, 5.41) is 2.85. The van der Waals surface area contributed by atoms with Crippen LogP contribution in [0.1, 0.15) is 37.0 Å². The van der Waals surface area contributed by atoms with E-state index in [4.69, 9.17) is 18.9 Å². The van der Waals surface area contributed by atoms with Gasteiger partial charge in [-0.25, -0.2) is 0 Å². The molecular formula is C21H27NO5. The van der Waals surface area contributed by atoms with Gasteiger partial charge in [-0.2, -0.15) is 0 Å². The number of nitrogens with one attached hydrogen (secondary N) is 1. The molecule has 0 bridgehead atoms. The van der Waals surface area contributed by atoms with E-state index in [0.29, 0.717) is 47.5 Å². The molecule has 0 aromatic heterocycles. The van der Waals surface area contributed by atoms with Crippen molar-refractivity contribution in [3.8, 4) is 23.0 Å². The summed E-state index contributed by atoms with van der Waals surface area (Å²) in [6, 6.07) is 10.4. The second-order valence-corrected chi connectivity index (χ2v) is 5.82. The van der Waals surface area contributed by atoms with Crippen molar-refractivity contribution in [2.75, 3.05) is 32.8 Å². The van der Waals surface area contributed by atoms with Crippen LogP contribution in [0.15, 0.2) is 36.4 Å². The van der Waals surface area contributed by atoms with Crippen LogP contribution in [-0.4, -0.2) is 33.3 Å². The summed E-state index contributed by atoms with van der Waals surface area (Å²) < 4.78 is 21.9. The molecule has 0 unspecified atom stereocenters. The first-order valence-corrected chi connectivity index (χ1v) is 9.05. The molecule has 6 nitrogen and oxygen atoms in total. The molecule has 0 saturated heterocycles. The fraction of sp³-hybridized carbons (Fsp3) is 0.381. The van der Waals surface area contributed by atoms with Gasteiger partial charge in [0.2, 0.25) is 0 Å². The maximum absolute atomic E-state index is 12.6. The number of anilines is 1. The molecule has 0 atom stereocenters. The average molecular weight is 373 g/mol. The predicted molar refractivity (Wildman–Crippen MR) is 106 cm³/mol. The Hall–Kier alpha value is -2.89. The van der Waals surface area contributed by atoms with Crippen molar-refractivity contribution in [3.63, 3.8) is 0 Å². The van der Waals surface area contributed by atoms with Crippen LogP contribution < -0.4 is 24.3 Å². The Balaban J connectivity index is 2.16. The van der Waals surface area contributed by atoms with Crippen LogP contribution in [0.4, 0.5) is 5.69 Å². The molecule has 0 fully saturated rings. The third-order valence-electron chi connectivity index (χ3n) is 3.90. The lowest BCUT2D eigenvalue weighted by Gasteiger charge is -2.14. The van der Waals surface area contributed by atoms with E-state index in [1.54, 1.807) is 50.6 Å². The van der Waals surface area contributed by atoms with Crippen LogP contribution in [0, 0.1) is 0 Å². The van der Waals surface area contributed by atoms with Crippen LogP contribution in [0.3, 0.4) is 0 Å². The van der Waals surface area contributed by atoms with Crippen molar-refractivity contribution < 1.29 is 23.7 Å². The fourth-order valence-electron chi connectivity index (χ4n) is 2.48. The first kappa shape index (κ1) is 20.4. The number of unbranched alkanes of at least 4 members (excludes halogenated alkanes) is 1. The minimum atomic E-state index is -0.247. The number of ether oxygens (including phenoxy) is 4. The highest BCUT2D eigenvalue weighted by molar-refractivity contribution is 6.04. The smallest absolute Gasteiger partial charge is 0.255 e. The van der Waals surface area contributed by atoms with Gasteiger partial charge in [0.1, 0.15) is 0 Å². The standard InChI is InChI=1S/C21H27NO5/c1-5-7-12-27-18-10-8-15(13-20(18)26-6-2)21(23)22-16-9-11-17(24-3)19(14-16)25-4/h8-11,13-14H,5-7,12H2,1-4H3,(H,22,23). The Morgan fingerprint density at radius 1 is 0.889 bits per heavy atom. The monoisotopic (exact) mass is 373 g/mol. The molecule has 146 valence electrons. The number of amides is 1. The predicted octanol–water partition coefficient (Wildman–Crippen LogP) is 4.53. The maximum atomic E-state index is 12.6. The van der Waals surface area contributed by atoms with E-state index in [9.17, 15) is 4.79 Å². The molecule has 0 spiro atoms. The number of benzene rings is 2. The molecule has 0 aliphatic rings. The second kappa shape index (κ2) is 10.3. The van der Waals surface area contributed by atoms with Crippen molar-refractivity contribution in [2.24, 2.45) is 0 Å². The zero-order chi connectivity index (χ0) is 19.6. The second-order valence-electron chi connectivity index (χ2n) is 5.82. The minimum Gasteiger partial charge on any atom is -0.493 e. The highest BCUT2D eigenvalue weighted by Gasteiger charge is 2.13. The Labute approximate surface area is 160 Å². The summed E-state index contributed by atoms with van der Waals surface area (Å²) in [5.41, 5.74) is 1.09. The molecule has 0 heterocycles. The van der Waals surface area contributed by atoms with E-state index in [-0.39, 0.29) is 5.91 Å². The first-order valence-electron chi connectivity index (χ1n) is 9.05. The molecule has 0 saturated carbocycles. The van der Waals surface area contributed by atoms with Gasteiger partial charge in [-0.1, -0.05) is 13.3 Å². The summed E-state index contributed by atoms with van der Waals surface area (Å²) >= 11 is 0. The number of hydrogen-bond donors (Lipinski definition) is 1. The normalized spacial score (nSPS) is 10.2. The van der Waals surface area contributed by atoms with Crippen molar-refractivity contribution in [1.29, 1.82) is 0 Å². The number of carbonyl (C=O) groups is 1. The van der Waals surface area contributed by atoms with Gasteiger partial charge in [0.05, 0.1) is 27.4 Å². The van der Waals surface area contributed by atoms with Gasteiger partial charge in [0, 0.05) is 17.3 Å². The van der Waals surface area contributed by atoms with Crippen molar-refractivity contribution >= 4 is 11.6 Å². The van der Waals surface area contributed by atoms with Crippen LogP contribution in [-0.2, 0) is 0 Å². The summed E-state index contributed by atoms with van der Waals surface area (Å²) in [6.45, 7) is 5.11. The van der Waals surface area contributed by atoms with Crippen molar-refractivity contribution in [3.05, 3.63) is 42.0 Å². The first-order chi connectivity index (χ1) is 13.1. The van der Waals surface area contributed by atoms with Crippen LogP contribution >= 0.6 is 0 Å². The molecule has 2 aromatic carbocycles. The largest absolute Gasteiger partial charge is 0.493 e. The number of rotatable bonds is 10. The SMILES string of the molecule is CCCCOc1ccc(C(=O)Nc2ccc(OC)c(OC)c2)cc1OCC. The molecule has 6 heteroatoms. The molecule has 0 aliphatic heterocycles. The van der Waals surface area contributed by atoms with Gasteiger partial charge in [-0.15, -0.1) is 0 Å². The molecule has 1 amide bonds. The number of methoxy groups -OCH3 is 2. The Morgan fingerprint density at radius 2 is 1.63 bits per heavy atom.